The van der Waals surface area contributed by atoms with E-state index in [0.29, 0.717) is 6.54 Å². The van der Waals surface area contributed by atoms with Crippen molar-refractivity contribution >= 4 is 11.6 Å². The predicted octanol–water partition coefficient (Wildman–Crippen LogP) is 4.20. The van der Waals surface area contributed by atoms with E-state index < -0.39 is 0 Å². The third-order valence-electron chi connectivity index (χ3n) is 4.90. The van der Waals surface area contributed by atoms with E-state index in [2.05, 4.69) is 26.0 Å². The molecule has 0 aromatic heterocycles. The van der Waals surface area contributed by atoms with Crippen LogP contribution >= 0.6 is 0 Å². The van der Waals surface area contributed by atoms with Crippen LogP contribution in [0.15, 0.2) is 48.5 Å². The molecule has 2 aromatic rings. The second-order valence-electron chi connectivity index (χ2n) is 6.46. The Labute approximate surface area is 137 Å². The first-order valence-corrected chi connectivity index (χ1v) is 8.10. The van der Waals surface area contributed by atoms with Crippen molar-refractivity contribution in [2.75, 3.05) is 12.0 Å². The third kappa shape index (κ3) is 2.83. The first-order chi connectivity index (χ1) is 11.1. The lowest BCUT2D eigenvalue weighted by atomic mass is 9.76. The van der Waals surface area contributed by atoms with Crippen molar-refractivity contribution in [3.05, 3.63) is 59.7 Å². The summed E-state index contributed by atoms with van der Waals surface area (Å²) in [6, 6.07) is 16.2. The van der Waals surface area contributed by atoms with Crippen LogP contribution in [0, 0.1) is 5.41 Å². The van der Waals surface area contributed by atoms with Gasteiger partial charge in [-0.25, -0.2) is 0 Å². The average molecular weight is 309 g/mol. The molecule has 23 heavy (non-hydrogen) atoms. The lowest BCUT2D eigenvalue weighted by Gasteiger charge is -2.40. The summed E-state index contributed by atoms with van der Waals surface area (Å²) in [4.78, 5) is 15.0. The van der Waals surface area contributed by atoms with Crippen molar-refractivity contribution in [3.8, 4) is 5.75 Å². The van der Waals surface area contributed by atoms with Gasteiger partial charge in [0.1, 0.15) is 5.75 Å². The zero-order chi connectivity index (χ0) is 16.4. The number of anilines is 1. The predicted molar refractivity (Wildman–Crippen MR) is 92.7 cm³/mol. The fourth-order valence-electron chi connectivity index (χ4n) is 3.20. The largest absolute Gasteiger partial charge is 0.497 e. The van der Waals surface area contributed by atoms with Crippen LogP contribution in [0.2, 0.25) is 0 Å². The van der Waals surface area contributed by atoms with E-state index in [1.165, 1.54) is 5.56 Å². The van der Waals surface area contributed by atoms with Crippen LogP contribution in [0.3, 0.4) is 0 Å². The summed E-state index contributed by atoms with van der Waals surface area (Å²) in [5.74, 6) is 1.05. The van der Waals surface area contributed by atoms with E-state index in [-0.39, 0.29) is 11.3 Å². The van der Waals surface area contributed by atoms with Crippen LogP contribution in [-0.4, -0.2) is 13.0 Å². The number of ether oxygens (including phenoxy) is 1. The van der Waals surface area contributed by atoms with Crippen molar-refractivity contribution in [3.63, 3.8) is 0 Å². The number of methoxy groups -OCH3 is 1. The molecule has 0 saturated heterocycles. The van der Waals surface area contributed by atoms with Crippen molar-refractivity contribution in [1.82, 2.24) is 0 Å². The van der Waals surface area contributed by atoms with Gasteiger partial charge in [-0.15, -0.1) is 0 Å². The van der Waals surface area contributed by atoms with Gasteiger partial charge in [-0.05, 0) is 42.2 Å². The molecule has 3 rings (SSSR count). The number of fused-ring (bicyclic) bond motifs is 1. The zero-order valence-corrected chi connectivity index (χ0v) is 14.0. The van der Waals surface area contributed by atoms with E-state index in [9.17, 15) is 4.79 Å². The minimum absolute atomic E-state index is 0.217. The molecule has 0 bridgehead atoms. The number of carbonyl (C=O) groups is 1. The molecular weight excluding hydrogens is 286 g/mol. The molecule has 1 heterocycles. The Hall–Kier alpha value is -2.29. The summed E-state index contributed by atoms with van der Waals surface area (Å²) in [6.45, 7) is 4.76. The number of rotatable bonds is 4. The number of benzene rings is 2. The second-order valence-corrected chi connectivity index (χ2v) is 6.46. The molecule has 0 aliphatic carbocycles. The molecule has 0 saturated carbocycles. The van der Waals surface area contributed by atoms with Crippen molar-refractivity contribution < 1.29 is 9.53 Å². The number of amides is 1. The van der Waals surface area contributed by atoms with Gasteiger partial charge >= 0.3 is 0 Å². The first-order valence-electron chi connectivity index (χ1n) is 8.10. The van der Waals surface area contributed by atoms with E-state index in [1.807, 2.05) is 41.3 Å². The molecule has 1 unspecified atom stereocenters. The van der Waals surface area contributed by atoms with Gasteiger partial charge < -0.3 is 9.64 Å². The molecule has 120 valence electrons. The minimum Gasteiger partial charge on any atom is -0.497 e. The Balaban J connectivity index is 1.96. The summed E-state index contributed by atoms with van der Waals surface area (Å²) < 4.78 is 5.21. The molecule has 1 aliphatic heterocycles. The maximum atomic E-state index is 13.1. The Bertz CT molecular complexity index is 708. The van der Waals surface area contributed by atoms with Gasteiger partial charge in [-0.1, -0.05) is 44.2 Å². The highest BCUT2D eigenvalue weighted by atomic mass is 16.5. The van der Waals surface area contributed by atoms with Gasteiger partial charge in [-0.3, -0.25) is 4.79 Å². The molecule has 0 spiro atoms. The summed E-state index contributed by atoms with van der Waals surface area (Å²) in [5.41, 5.74) is 3.08. The SMILES string of the molecule is CCC1(C)Cc2ccccc2N(Cc2ccc(OC)cc2)C1=O. The highest BCUT2D eigenvalue weighted by Gasteiger charge is 2.40. The Morgan fingerprint density at radius 2 is 1.83 bits per heavy atom. The van der Waals surface area contributed by atoms with E-state index in [4.69, 9.17) is 4.74 Å². The minimum atomic E-state index is -0.319. The van der Waals surface area contributed by atoms with Gasteiger partial charge in [0, 0.05) is 5.69 Å². The lowest BCUT2D eigenvalue weighted by molar-refractivity contribution is -0.128. The summed E-state index contributed by atoms with van der Waals surface area (Å²) in [6.07, 6.45) is 1.66. The fourth-order valence-corrected chi connectivity index (χ4v) is 3.20. The van der Waals surface area contributed by atoms with Crippen LogP contribution in [-0.2, 0) is 17.8 Å². The smallest absolute Gasteiger partial charge is 0.233 e. The van der Waals surface area contributed by atoms with Gasteiger partial charge in [0.25, 0.3) is 0 Å². The van der Waals surface area contributed by atoms with Crippen molar-refractivity contribution in [2.24, 2.45) is 5.41 Å². The average Bonchev–Trinajstić information content (AvgIpc) is 2.59. The molecule has 0 N–H and O–H groups in total. The molecular formula is C20H23NO2. The second kappa shape index (κ2) is 6.07. The maximum absolute atomic E-state index is 13.1. The topological polar surface area (TPSA) is 29.5 Å². The summed E-state index contributed by atoms with van der Waals surface area (Å²) in [5, 5.41) is 0. The van der Waals surface area contributed by atoms with Crippen molar-refractivity contribution in [1.29, 1.82) is 0 Å². The summed E-state index contributed by atoms with van der Waals surface area (Å²) in [7, 11) is 1.66. The van der Waals surface area contributed by atoms with Crippen molar-refractivity contribution in [2.45, 2.75) is 33.2 Å². The maximum Gasteiger partial charge on any atom is 0.233 e. The van der Waals surface area contributed by atoms with Crippen LogP contribution in [0.1, 0.15) is 31.4 Å². The molecule has 1 amide bonds. The number of hydrogen-bond donors (Lipinski definition) is 0. The quantitative estimate of drug-likeness (QED) is 0.847. The monoisotopic (exact) mass is 309 g/mol. The summed E-state index contributed by atoms with van der Waals surface area (Å²) >= 11 is 0. The van der Waals surface area contributed by atoms with Gasteiger partial charge in [0.2, 0.25) is 5.91 Å². The zero-order valence-electron chi connectivity index (χ0n) is 14.0. The number of hydrogen-bond acceptors (Lipinski definition) is 2. The number of carbonyl (C=O) groups excluding carboxylic acids is 1. The van der Waals surface area contributed by atoms with E-state index in [0.717, 1.165) is 29.8 Å². The number of nitrogens with zero attached hydrogens (tertiary/aromatic N) is 1. The first kappa shape index (κ1) is 15.6. The molecule has 0 radical (unpaired) electrons. The molecule has 0 fully saturated rings. The third-order valence-corrected chi connectivity index (χ3v) is 4.90. The molecule has 3 heteroatoms. The molecule has 1 aliphatic rings. The fraction of sp³-hybridized carbons (Fsp3) is 0.350. The standard InChI is InChI=1S/C20H23NO2/c1-4-20(2)13-16-7-5-6-8-18(16)21(19(20)22)14-15-9-11-17(23-3)12-10-15/h5-12H,4,13-14H2,1-3H3. The normalized spacial score (nSPS) is 20.3. The highest BCUT2D eigenvalue weighted by Crippen LogP contribution is 2.40. The molecule has 3 nitrogen and oxygen atoms in total. The Morgan fingerprint density at radius 1 is 1.13 bits per heavy atom. The van der Waals surface area contributed by atoms with Crippen LogP contribution in [0.4, 0.5) is 5.69 Å². The van der Waals surface area contributed by atoms with Gasteiger partial charge in [0.15, 0.2) is 0 Å². The Kier molecular flexibility index (Phi) is 4.12. The van der Waals surface area contributed by atoms with Crippen LogP contribution in [0.25, 0.3) is 0 Å². The van der Waals surface area contributed by atoms with E-state index >= 15 is 0 Å². The lowest BCUT2D eigenvalue weighted by Crippen LogP contribution is -2.47. The van der Waals surface area contributed by atoms with Crippen LogP contribution in [0.5, 0.6) is 5.75 Å². The molecule has 2 aromatic carbocycles. The van der Waals surface area contributed by atoms with Gasteiger partial charge in [-0.2, -0.15) is 0 Å². The van der Waals surface area contributed by atoms with Crippen LogP contribution < -0.4 is 9.64 Å². The molecule has 1 atom stereocenters. The van der Waals surface area contributed by atoms with E-state index in [1.54, 1.807) is 7.11 Å². The number of para-hydroxylation sites is 1. The highest BCUT2D eigenvalue weighted by molar-refractivity contribution is 6.00. The van der Waals surface area contributed by atoms with Gasteiger partial charge in [0.05, 0.1) is 19.1 Å². The Morgan fingerprint density at radius 3 is 2.48 bits per heavy atom.